The molecule has 0 bridgehead atoms. The summed E-state index contributed by atoms with van der Waals surface area (Å²) in [6.45, 7) is 3.89. The number of halogens is 3. The van der Waals surface area contributed by atoms with E-state index in [1.165, 1.54) is 17.0 Å². The van der Waals surface area contributed by atoms with Crippen LogP contribution in [0.5, 0.6) is 0 Å². The van der Waals surface area contributed by atoms with E-state index >= 15 is 0 Å². The van der Waals surface area contributed by atoms with Crippen LogP contribution in [0, 0.1) is 11.8 Å². The van der Waals surface area contributed by atoms with E-state index in [4.69, 9.17) is 0 Å². The third-order valence-corrected chi connectivity index (χ3v) is 8.89. The molecule has 36 heavy (non-hydrogen) atoms. The number of benzene rings is 2. The maximum absolute atomic E-state index is 13.8. The van der Waals surface area contributed by atoms with Gasteiger partial charge in [0.05, 0.1) is 4.90 Å². The number of carbonyl (C=O) groups excluding carboxylic acids is 2. The van der Waals surface area contributed by atoms with Crippen molar-refractivity contribution in [1.82, 2.24) is 10.2 Å². The first-order valence-corrected chi connectivity index (χ1v) is 13.5. The van der Waals surface area contributed by atoms with Crippen molar-refractivity contribution in [3.8, 4) is 0 Å². The lowest BCUT2D eigenvalue weighted by Gasteiger charge is -2.43. The molecule has 194 valence electrons. The van der Waals surface area contributed by atoms with Gasteiger partial charge in [0.2, 0.25) is 11.8 Å². The smallest absolute Gasteiger partial charge is 0.342 e. The largest absolute Gasteiger partial charge is 0.501 e. The number of fused-ring (bicyclic) bond motifs is 1. The van der Waals surface area contributed by atoms with Gasteiger partial charge in [0.15, 0.2) is 0 Å². The second-order valence-corrected chi connectivity index (χ2v) is 11.4. The minimum absolute atomic E-state index is 0.00403. The molecule has 6 nitrogen and oxygen atoms in total. The number of rotatable bonds is 7. The van der Waals surface area contributed by atoms with E-state index in [1.54, 1.807) is 0 Å². The van der Waals surface area contributed by atoms with Crippen LogP contribution in [0.2, 0.25) is 0 Å². The van der Waals surface area contributed by atoms with Crippen molar-refractivity contribution in [2.24, 2.45) is 11.8 Å². The number of hydrogen-bond donors (Lipinski definition) is 1. The first kappa shape index (κ1) is 26.2. The molecular weight excluding hydrogens is 493 g/mol. The molecule has 10 heteroatoms. The Labute approximate surface area is 208 Å². The fourth-order valence-corrected chi connectivity index (χ4v) is 6.15. The van der Waals surface area contributed by atoms with Crippen LogP contribution in [0.1, 0.15) is 43.4 Å². The first-order valence-electron chi connectivity index (χ1n) is 12.1. The average molecular weight is 523 g/mol. The SMILES string of the molecule is CCC(CC)[C@@H]1C(=O)N[C@H](C2Cc3ccccc3C2)C(=O)N1Cc1ccc(S(=O)(=O)C(F)(F)F)cc1. The summed E-state index contributed by atoms with van der Waals surface area (Å²) >= 11 is 0. The number of nitrogens with one attached hydrogen (secondary N) is 1. The van der Waals surface area contributed by atoms with Gasteiger partial charge in [0.25, 0.3) is 9.84 Å². The van der Waals surface area contributed by atoms with Crippen molar-refractivity contribution in [3.05, 3.63) is 65.2 Å². The van der Waals surface area contributed by atoms with Crippen LogP contribution in [0.4, 0.5) is 13.2 Å². The van der Waals surface area contributed by atoms with Crippen molar-refractivity contribution in [2.75, 3.05) is 0 Å². The zero-order chi connectivity index (χ0) is 26.3. The summed E-state index contributed by atoms with van der Waals surface area (Å²) in [5.74, 6) is -0.652. The van der Waals surface area contributed by atoms with E-state index in [1.807, 2.05) is 38.1 Å². The molecule has 4 rings (SSSR count). The Morgan fingerprint density at radius 1 is 0.972 bits per heavy atom. The molecule has 2 atom stereocenters. The fraction of sp³-hybridized carbons (Fsp3) is 0.462. The Hall–Kier alpha value is -2.88. The third kappa shape index (κ3) is 4.75. The number of amides is 2. The van der Waals surface area contributed by atoms with Gasteiger partial charge in [-0.15, -0.1) is 0 Å². The number of hydrogen-bond acceptors (Lipinski definition) is 4. The van der Waals surface area contributed by atoms with Gasteiger partial charge in [-0.2, -0.15) is 13.2 Å². The van der Waals surface area contributed by atoms with Gasteiger partial charge in [0.1, 0.15) is 12.1 Å². The Morgan fingerprint density at radius 3 is 2.03 bits per heavy atom. The number of alkyl halides is 3. The van der Waals surface area contributed by atoms with Crippen LogP contribution in [0.3, 0.4) is 0 Å². The van der Waals surface area contributed by atoms with E-state index in [2.05, 4.69) is 5.32 Å². The van der Waals surface area contributed by atoms with E-state index < -0.39 is 32.3 Å². The third-order valence-electron chi connectivity index (χ3n) is 7.39. The first-order chi connectivity index (χ1) is 17.0. The number of nitrogens with zero attached hydrogens (tertiary/aromatic N) is 1. The van der Waals surface area contributed by atoms with E-state index in [0.717, 1.165) is 23.3 Å². The predicted octanol–water partition coefficient (Wildman–Crippen LogP) is 4.03. The highest BCUT2D eigenvalue weighted by Gasteiger charge is 2.48. The number of carbonyl (C=O) groups is 2. The lowest BCUT2D eigenvalue weighted by atomic mass is 9.86. The highest BCUT2D eigenvalue weighted by atomic mass is 32.2. The fourth-order valence-electron chi connectivity index (χ4n) is 5.39. The van der Waals surface area contributed by atoms with E-state index in [9.17, 15) is 31.2 Å². The predicted molar refractivity (Wildman–Crippen MR) is 127 cm³/mol. The number of piperazine rings is 1. The highest BCUT2D eigenvalue weighted by molar-refractivity contribution is 7.92. The van der Waals surface area contributed by atoms with E-state index in [0.29, 0.717) is 31.2 Å². The van der Waals surface area contributed by atoms with Crippen LogP contribution >= 0.6 is 0 Å². The molecule has 2 aromatic rings. The zero-order valence-corrected chi connectivity index (χ0v) is 20.9. The maximum atomic E-state index is 13.8. The minimum Gasteiger partial charge on any atom is -0.342 e. The lowest BCUT2D eigenvalue weighted by Crippen LogP contribution is -2.66. The summed E-state index contributed by atoms with van der Waals surface area (Å²) < 4.78 is 62.1. The molecule has 1 aliphatic carbocycles. The molecule has 2 aromatic carbocycles. The van der Waals surface area contributed by atoms with Crippen LogP contribution in [-0.2, 0) is 38.8 Å². The Bertz CT molecular complexity index is 1220. The van der Waals surface area contributed by atoms with Crippen LogP contribution < -0.4 is 5.32 Å². The summed E-state index contributed by atoms with van der Waals surface area (Å²) in [5, 5.41) is 2.97. The summed E-state index contributed by atoms with van der Waals surface area (Å²) in [6.07, 6.45) is 2.67. The summed E-state index contributed by atoms with van der Waals surface area (Å²) in [5.41, 5.74) is -2.65. The Balaban J connectivity index is 1.62. The molecule has 2 amide bonds. The van der Waals surface area contributed by atoms with Crippen molar-refractivity contribution < 1.29 is 31.2 Å². The summed E-state index contributed by atoms with van der Waals surface area (Å²) in [4.78, 5) is 27.8. The molecule has 0 saturated carbocycles. The molecule has 2 aliphatic rings. The van der Waals surface area contributed by atoms with Crippen molar-refractivity contribution in [3.63, 3.8) is 0 Å². The Morgan fingerprint density at radius 2 is 1.53 bits per heavy atom. The topological polar surface area (TPSA) is 83.6 Å². The summed E-state index contributed by atoms with van der Waals surface area (Å²) in [7, 11) is -5.47. The van der Waals surface area contributed by atoms with Crippen LogP contribution in [-0.4, -0.2) is 42.7 Å². The minimum atomic E-state index is -5.47. The van der Waals surface area contributed by atoms with Crippen molar-refractivity contribution in [1.29, 1.82) is 0 Å². The van der Waals surface area contributed by atoms with E-state index in [-0.39, 0.29) is 30.2 Å². The van der Waals surface area contributed by atoms with Crippen molar-refractivity contribution >= 4 is 21.7 Å². The van der Waals surface area contributed by atoms with Crippen LogP contribution in [0.15, 0.2) is 53.4 Å². The van der Waals surface area contributed by atoms with Gasteiger partial charge in [0, 0.05) is 6.54 Å². The second-order valence-electron chi connectivity index (χ2n) is 9.50. The maximum Gasteiger partial charge on any atom is 0.501 e. The molecule has 1 aliphatic heterocycles. The molecule has 1 saturated heterocycles. The number of sulfone groups is 1. The molecule has 0 radical (unpaired) electrons. The Kier molecular flexibility index (Phi) is 7.19. The van der Waals surface area contributed by atoms with Gasteiger partial charge < -0.3 is 10.2 Å². The van der Waals surface area contributed by atoms with Crippen LogP contribution in [0.25, 0.3) is 0 Å². The molecule has 0 aromatic heterocycles. The molecule has 0 unspecified atom stereocenters. The van der Waals surface area contributed by atoms with Gasteiger partial charge >= 0.3 is 5.51 Å². The van der Waals surface area contributed by atoms with Gasteiger partial charge in [-0.3, -0.25) is 9.59 Å². The van der Waals surface area contributed by atoms with Crippen molar-refractivity contribution in [2.45, 2.75) is 68.6 Å². The monoisotopic (exact) mass is 522 g/mol. The lowest BCUT2D eigenvalue weighted by molar-refractivity contribution is -0.154. The average Bonchev–Trinajstić information content (AvgIpc) is 3.27. The summed E-state index contributed by atoms with van der Waals surface area (Å²) in [6, 6.07) is 10.8. The quantitative estimate of drug-likeness (QED) is 0.595. The molecule has 0 spiro atoms. The van der Waals surface area contributed by atoms with Gasteiger partial charge in [-0.05, 0) is 53.5 Å². The molecular formula is C26H29F3N2O4S. The standard InChI is InChI=1S/C26H29F3N2O4S/c1-3-17(4-2)23-24(32)30-22(20-13-18-7-5-6-8-19(18)14-20)25(33)31(23)15-16-9-11-21(12-10-16)36(34,35)26(27,28)29/h5-12,17,20,22-23H,3-4,13-15H2,1-2H3,(H,30,32)/t22-,23-/m1/s1. The molecule has 1 fully saturated rings. The zero-order valence-electron chi connectivity index (χ0n) is 20.1. The second kappa shape index (κ2) is 9.88. The van der Waals surface area contributed by atoms with Gasteiger partial charge in [-0.25, -0.2) is 8.42 Å². The molecule has 1 N–H and O–H groups in total. The van der Waals surface area contributed by atoms with Gasteiger partial charge in [-0.1, -0.05) is 63.1 Å². The highest BCUT2D eigenvalue weighted by Crippen LogP contribution is 2.34. The molecule has 1 heterocycles. The normalized spacial score (nSPS) is 21.1.